The highest BCUT2D eigenvalue weighted by molar-refractivity contribution is 5.79. The van der Waals surface area contributed by atoms with Crippen molar-refractivity contribution in [2.24, 2.45) is 5.16 Å². The molecular weight excluding hydrogens is 176 g/mol. The molecule has 0 bridgehead atoms. The van der Waals surface area contributed by atoms with Gasteiger partial charge in [-0.1, -0.05) is 29.4 Å². The Balaban J connectivity index is 2.75. The Morgan fingerprint density at radius 2 is 1.92 bits per heavy atom. The van der Waals surface area contributed by atoms with Crippen molar-refractivity contribution < 1.29 is 13.6 Å². The quantitative estimate of drug-likeness (QED) is 0.524. The molecule has 0 saturated heterocycles. The van der Waals surface area contributed by atoms with E-state index in [9.17, 15) is 8.78 Å². The lowest BCUT2D eigenvalue weighted by atomic mass is 10.1. The molecule has 0 aromatic heterocycles. The van der Waals surface area contributed by atoms with Gasteiger partial charge in [-0.2, -0.15) is 0 Å². The van der Waals surface area contributed by atoms with Gasteiger partial charge in [0.1, 0.15) is 7.11 Å². The topological polar surface area (TPSA) is 21.6 Å². The van der Waals surface area contributed by atoms with Crippen molar-refractivity contribution >= 4 is 6.21 Å². The maximum absolute atomic E-state index is 12.1. The largest absolute Gasteiger partial charge is 0.399 e. The van der Waals surface area contributed by atoms with Gasteiger partial charge in [0.05, 0.1) is 6.21 Å². The summed E-state index contributed by atoms with van der Waals surface area (Å²) >= 11 is 0. The Hall–Kier alpha value is -1.45. The molecule has 0 aliphatic heterocycles. The Bertz CT molecular complexity index is 282. The van der Waals surface area contributed by atoms with E-state index in [1.807, 2.05) is 0 Å². The fraction of sp³-hybridized carbons (Fsp3) is 0.222. The molecule has 0 saturated carbocycles. The second kappa shape index (κ2) is 4.54. The van der Waals surface area contributed by atoms with Crippen molar-refractivity contribution in [3.8, 4) is 0 Å². The number of rotatable bonds is 3. The van der Waals surface area contributed by atoms with Crippen molar-refractivity contribution in [3.63, 3.8) is 0 Å². The first-order valence-corrected chi connectivity index (χ1v) is 3.68. The fourth-order valence-electron chi connectivity index (χ4n) is 0.841. The van der Waals surface area contributed by atoms with E-state index in [1.54, 1.807) is 12.1 Å². The van der Waals surface area contributed by atoms with E-state index in [0.717, 1.165) is 5.56 Å². The van der Waals surface area contributed by atoms with Gasteiger partial charge in [-0.05, 0) is 5.56 Å². The smallest absolute Gasteiger partial charge is 0.263 e. The average molecular weight is 185 g/mol. The molecule has 0 fully saturated rings. The van der Waals surface area contributed by atoms with Crippen LogP contribution in [0.2, 0.25) is 0 Å². The van der Waals surface area contributed by atoms with Crippen molar-refractivity contribution in [2.75, 3.05) is 7.11 Å². The Labute approximate surface area is 74.8 Å². The van der Waals surface area contributed by atoms with Crippen LogP contribution < -0.4 is 0 Å². The van der Waals surface area contributed by atoms with Gasteiger partial charge in [0, 0.05) is 5.56 Å². The fourth-order valence-corrected chi connectivity index (χ4v) is 0.841. The van der Waals surface area contributed by atoms with Gasteiger partial charge < -0.3 is 4.84 Å². The summed E-state index contributed by atoms with van der Waals surface area (Å²) in [5.74, 6) is 0. The minimum atomic E-state index is -2.42. The lowest BCUT2D eigenvalue weighted by Gasteiger charge is -1.98. The zero-order valence-corrected chi connectivity index (χ0v) is 7.08. The molecule has 0 aliphatic rings. The van der Waals surface area contributed by atoms with Crippen molar-refractivity contribution in [3.05, 3.63) is 35.4 Å². The predicted molar refractivity (Wildman–Crippen MR) is 46.0 cm³/mol. The normalized spacial score (nSPS) is 11.1. The van der Waals surface area contributed by atoms with Crippen LogP contribution in [0.15, 0.2) is 29.4 Å². The minimum absolute atomic E-state index is 0.00886. The van der Waals surface area contributed by atoms with Crippen LogP contribution >= 0.6 is 0 Å². The molecule has 0 aliphatic carbocycles. The average Bonchev–Trinajstić information content (AvgIpc) is 2.15. The third kappa shape index (κ3) is 2.82. The van der Waals surface area contributed by atoms with Gasteiger partial charge in [0.15, 0.2) is 0 Å². The molecule has 2 nitrogen and oxygen atoms in total. The monoisotopic (exact) mass is 185 g/mol. The molecule has 1 aromatic carbocycles. The molecule has 1 aromatic rings. The molecule has 0 unspecified atom stereocenters. The number of benzene rings is 1. The van der Waals surface area contributed by atoms with Crippen molar-refractivity contribution in [1.82, 2.24) is 0 Å². The first-order valence-electron chi connectivity index (χ1n) is 3.68. The van der Waals surface area contributed by atoms with E-state index in [-0.39, 0.29) is 5.56 Å². The first kappa shape index (κ1) is 9.64. The van der Waals surface area contributed by atoms with E-state index in [4.69, 9.17) is 0 Å². The van der Waals surface area contributed by atoms with Crippen LogP contribution in [0.1, 0.15) is 17.6 Å². The lowest BCUT2D eigenvalue weighted by Crippen LogP contribution is -1.86. The molecule has 0 spiro atoms. The van der Waals surface area contributed by atoms with Gasteiger partial charge in [-0.15, -0.1) is 0 Å². The van der Waals surface area contributed by atoms with Crippen LogP contribution in [-0.2, 0) is 4.84 Å². The summed E-state index contributed by atoms with van der Waals surface area (Å²) in [5.41, 5.74) is 0.737. The second-order valence-corrected chi connectivity index (χ2v) is 2.38. The van der Waals surface area contributed by atoms with E-state index in [1.165, 1.54) is 25.5 Å². The summed E-state index contributed by atoms with van der Waals surface area (Å²) in [6.45, 7) is 0. The Kier molecular flexibility index (Phi) is 3.37. The Morgan fingerprint density at radius 3 is 2.38 bits per heavy atom. The summed E-state index contributed by atoms with van der Waals surface area (Å²) in [6, 6.07) is 5.84. The summed E-state index contributed by atoms with van der Waals surface area (Å²) in [5, 5.41) is 3.50. The SMILES string of the molecule is CO/N=C/c1ccc(C(F)F)cc1. The van der Waals surface area contributed by atoms with Crippen molar-refractivity contribution in [2.45, 2.75) is 6.43 Å². The molecule has 0 atom stereocenters. The maximum atomic E-state index is 12.1. The number of hydrogen-bond acceptors (Lipinski definition) is 2. The minimum Gasteiger partial charge on any atom is -0.399 e. The highest BCUT2D eigenvalue weighted by atomic mass is 19.3. The van der Waals surface area contributed by atoms with Gasteiger partial charge in [0.25, 0.3) is 6.43 Å². The van der Waals surface area contributed by atoms with Gasteiger partial charge in [-0.3, -0.25) is 0 Å². The maximum Gasteiger partial charge on any atom is 0.263 e. The lowest BCUT2D eigenvalue weighted by molar-refractivity contribution is 0.151. The van der Waals surface area contributed by atoms with Crippen LogP contribution in [0.3, 0.4) is 0 Å². The number of halogens is 2. The van der Waals surface area contributed by atoms with E-state index in [2.05, 4.69) is 9.99 Å². The summed E-state index contributed by atoms with van der Waals surface area (Å²) < 4.78 is 24.2. The molecule has 0 amide bonds. The number of oxime groups is 1. The van der Waals surface area contributed by atoms with E-state index in [0.29, 0.717) is 0 Å². The standard InChI is InChI=1S/C9H9F2NO/c1-13-12-6-7-2-4-8(5-3-7)9(10)11/h2-6,9H,1H3/b12-6+. The number of alkyl halides is 2. The second-order valence-electron chi connectivity index (χ2n) is 2.38. The summed E-state index contributed by atoms with van der Waals surface area (Å²) in [4.78, 5) is 4.44. The zero-order chi connectivity index (χ0) is 9.68. The van der Waals surface area contributed by atoms with Crippen LogP contribution in [0.25, 0.3) is 0 Å². The van der Waals surface area contributed by atoms with Crippen molar-refractivity contribution in [1.29, 1.82) is 0 Å². The summed E-state index contributed by atoms with van der Waals surface area (Å²) in [7, 11) is 1.42. The molecule has 0 heterocycles. The summed E-state index contributed by atoms with van der Waals surface area (Å²) in [6.07, 6.45) is -0.969. The molecule has 13 heavy (non-hydrogen) atoms. The molecule has 4 heteroatoms. The first-order chi connectivity index (χ1) is 6.24. The highest BCUT2D eigenvalue weighted by Crippen LogP contribution is 2.17. The molecule has 70 valence electrons. The molecule has 0 N–H and O–H groups in total. The molecular formula is C9H9F2NO. The third-order valence-electron chi connectivity index (χ3n) is 1.50. The highest BCUT2D eigenvalue weighted by Gasteiger charge is 2.04. The zero-order valence-electron chi connectivity index (χ0n) is 7.08. The van der Waals surface area contributed by atoms with Gasteiger partial charge in [0.2, 0.25) is 0 Å². The van der Waals surface area contributed by atoms with Crippen LogP contribution in [0.5, 0.6) is 0 Å². The number of hydrogen-bond donors (Lipinski definition) is 0. The third-order valence-corrected chi connectivity index (χ3v) is 1.50. The van der Waals surface area contributed by atoms with Crippen LogP contribution in [0.4, 0.5) is 8.78 Å². The number of nitrogens with zero attached hydrogens (tertiary/aromatic N) is 1. The van der Waals surface area contributed by atoms with E-state index < -0.39 is 6.43 Å². The van der Waals surface area contributed by atoms with Crippen LogP contribution in [-0.4, -0.2) is 13.3 Å². The van der Waals surface area contributed by atoms with E-state index >= 15 is 0 Å². The predicted octanol–water partition coefficient (Wildman–Crippen LogP) is 2.60. The van der Waals surface area contributed by atoms with Gasteiger partial charge >= 0.3 is 0 Å². The van der Waals surface area contributed by atoms with Crippen LogP contribution in [0, 0.1) is 0 Å². The molecule has 0 radical (unpaired) electrons. The molecule has 1 rings (SSSR count). The van der Waals surface area contributed by atoms with Gasteiger partial charge in [-0.25, -0.2) is 8.78 Å². The Morgan fingerprint density at radius 1 is 1.31 bits per heavy atom.